The fourth-order valence-electron chi connectivity index (χ4n) is 3.55. The number of hydrogen-bond acceptors (Lipinski definition) is 3. The topological polar surface area (TPSA) is 55.4 Å². The highest BCUT2D eigenvalue weighted by Crippen LogP contribution is 2.29. The SMILES string of the molecule is O=C(CCC1CCCC1)O[C@@H](C(=O)Nc1cc(Cl)cc(Cl)c1)c1ccccc1. The molecule has 2 aromatic carbocycles. The molecule has 0 aromatic heterocycles. The third-order valence-electron chi connectivity index (χ3n) is 4.95. The van der Waals surface area contributed by atoms with Gasteiger partial charge in [-0.15, -0.1) is 0 Å². The number of carbonyl (C=O) groups excluding carboxylic acids is 2. The van der Waals surface area contributed by atoms with Crippen LogP contribution in [0.25, 0.3) is 0 Å². The summed E-state index contributed by atoms with van der Waals surface area (Å²) in [6, 6.07) is 13.7. The van der Waals surface area contributed by atoms with Gasteiger partial charge in [0.15, 0.2) is 0 Å². The Bertz CT molecular complexity index is 800. The first kappa shape index (κ1) is 20.7. The second-order valence-corrected chi connectivity index (χ2v) is 7.99. The summed E-state index contributed by atoms with van der Waals surface area (Å²) < 4.78 is 5.57. The third-order valence-corrected chi connectivity index (χ3v) is 5.39. The molecule has 28 heavy (non-hydrogen) atoms. The highest BCUT2D eigenvalue weighted by atomic mass is 35.5. The molecule has 6 heteroatoms. The molecule has 1 amide bonds. The molecular formula is C22H23Cl2NO3. The molecule has 0 saturated heterocycles. The van der Waals surface area contributed by atoms with Crippen LogP contribution in [0.3, 0.4) is 0 Å². The van der Waals surface area contributed by atoms with Crippen molar-refractivity contribution in [1.82, 2.24) is 0 Å². The zero-order valence-electron chi connectivity index (χ0n) is 15.5. The van der Waals surface area contributed by atoms with E-state index in [2.05, 4.69) is 5.32 Å². The molecular weight excluding hydrogens is 397 g/mol. The van der Waals surface area contributed by atoms with Crippen molar-refractivity contribution in [3.63, 3.8) is 0 Å². The Morgan fingerprint density at radius 2 is 1.68 bits per heavy atom. The van der Waals surface area contributed by atoms with Crippen molar-refractivity contribution < 1.29 is 14.3 Å². The molecule has 1 aliphatic rings. The average molecular weight is 420 g/mol. The molecule has 148 valence electrons. The Morgan fingerprint density at radius 3 is 2.32 bits per heavy atom. The molecule has 0 bridgehead atoms. The van der Waals surface area contributed by atoms with E-state index in [0.717, 1.165) is 6.42 Å². The predicted molar refractivity (Wildman–Crippen MR) is 112 cm³/mol. The van der Waals surface area contributed by atoms with Gasteiger partial charge in [0.2, 0.25) is 6.10 Å². The Morgan fingerprint density at radius 1 is 1.04 bits per heavy atom. The van der Waals surface area contributed by atoms with Crippen LogP contribution in [0.2, 0.25) is 10.0 Å². The second kappa shape index (κ2) is 9.94. The highest BCUT2D eigenvalue weighted by Gasteiger charge is 2.26. The number of esters is 1. The van der Waals surface area contributed by atoms with E-state index in [9.17, 15) is 9.59 Å². The molecule has 1 aliphatic carbocycles. The van der Waals surface area contributed by atoms with E-state index in [0.29, 0.717) is 33.6 Å². The monoisotopic (exact) mass is 419 g/mol. The lowest BCUT2D eigenvalue weighted by molar-refractivity contribution is -0.155. The van der Waals surface area contributed by atoms with Crippen LogP contribution in [0.15, 0.2) is 48.5 Å². The third kappa shape index (κ3) is 5.98. The minimum atomic E-state index is -1.03. The van der Waals surface area contributed by atoms with E-state index in [4.69, 9.17) is 27.9 Å². The summed E-state index contributed by atoms with van der Waals surface area (Å²) in [5.74, 6) is -0.219. The largest absolute Gasteiger partial charge is 0.447 e. The normalized spacial score (nSPS) is 15.2. The van der Waals surface area contributed by atoms with Crippen LogP contribution < -0.4 is 5.32 Å². The number of nitrogens with one attached hydrogen (secondary N) is 1. The summed E-state index contributed by atoms with van der Waals surface area (Å²) in [6.07, 6.45) is 4.91. The molecule has 1 saturated carbocycles. The number of amides is 1. The first-order valence-electron chi connectivity index (χ1n) is 9.52. The van der Waals surface area contributed by atoms with Gasteiger partial charge in [0.05, 0.1) is 0 Å². The summed E-state index contributed by atoms with van der Waals surface area (Å²) in [5, 5.41) is 3.56. The molecule has 0 aliphatic heterocycles. The van der Waals surface area contributed by atoms with E-state index >= 15 is 0 Å². The van der Waals surface area contributed by atoms with Crippen molar-refractivity contribution in [3.05, 3.63) is 64.1 Å². The van der Waals surface area contributed by atoms with Gasteiger partial charge in [0.1, 0.15) is 0 Å². The summed E-state index contributed by atoms with van der Waals surface area (Å²) in [5.41, 5.74) is 1.06. The van der Waals surface area contributed by atoms with Crippen LogP contribution in [0, 0.1) is 5.92 Å². The zero-order valence-corrected chi connectivity index (χ0v) is 17.0. The van der Waals surface area contributed by atoms with Gasteiger partial charge >= 0.3 is 5.97 Å². The van der Waals surface area contributed by atoms with Crippen LogP contribution in [0.4, 0.5) is 5.69 Å². The van der Waals surface area contributed by atoms with Crippen LogP contribution in [0.1, 0.15) is 50.2 Å². The minimum absolute atomic E-state index is 0.324. The Balaban J connectivity index is 1.69. The van der Waals surface area contributed by atoms with E-state index in [1.165, 1.54) is 25.7 Å². The molecule has 0 spiro atoms. The predicted octanol–water partition coefficient (Wildman–Crippen LogP) is 6.19. The summed E-state index contributed by atoms with van der Waals surface area (Å²) in [6.45, 7) is 0. The summed E-state index contributed by atoms with van der Waals surface area (Å²) in [4.78, 5) is 25.3. The van der Waals surface area contributed by atoms with E-state index in [1.807, 2.05) is 6.07 Å². The number of hydrogen-bond donors (Lipinski definition) is 1. The van der Waals surface area contributed by atoms with Crippen molar-refractivity contribution in [3.8, 4) is 0 Å². The molecule has 1 fully saturated rings. The molecule has 2 aromatic rings. The van der Waals surface area contributed by atoms with Crippen LogP contribution >= 0.6 is 23.2 Å². The average Bonchev–Trinajstić information content (AvgIpc) is 3.18. The highest BCUT2D eigenvalue weighted by molar-refractivity contribution is 6.35. The Hall–Kier alpha value is -2.04. The molecule has 0 unspecified atom stereocenters. The van der Waals surface area contributed by atoms with Crippen LogP contribution in [-0.4, -0.2) is 11.9 Å². The number of carbonyl (C=O) groups is 2. The molecule has 1 N–H and O–H groups in total. The lowest BCUT2D eigenvalue weighted by Gasteiger charge is -2.19. The van der Waals surface area contributed by atoms with Gasteiger partial charge in [-0.05, 0) is 30.5 Å². The van der Waals surface area contributed by atoms with Crippen molar-refractivity contribution in [2.24, 2.45) is 5.92 Å². The van der Waals surface area contributed by atoms with Gasteiger partial charge in [-0.1, -0.05) is 79.2 Å². The maximum absolute atomic E-state index is 12.9. The maximum Gasteiger partial charge on any atom is 0.306 e. The van der Waals surface area contributed by atoms with Crippen LogP contribution in [-0.2, 0) is 14.3 Å². The van der Waals surface area contributed by atoms with Crippen molar-refractivity contribution >= 4 is 40.8 Å². The van der Waals surface area contributed by atoms with Gasteiger partial charge in [0, 0.05) is 27.7 Å². The molecule has 0 radical (unpaired) electrons. The quantitative estimate of drug-likeness (QED) is 0.544. The summed E-state index contributed by atoms with van der Waals surface area (Å²) in [7, 11) is 0. The standard InChI is InChI=1S/C22H23Cl2NO3/c23-17-12-18(24)14-19(13-17)25-22(27)21(16-8-2-1-3-9-16)28-20(26)11-10-15-6-4-5-7-15/h1-3,8-9,12-15,21H,4-7,10-11H2,(H,25,27)/t21-/m1/s1. The first-order chi connectivity index (χ1) is 13.5. The van der Waals surface area contributed by atoms with E-state index < -0.39 is 12.0 Å². The number of halogens is 2. The van der Waals surface area contributed by atoms with Crippen LogP contribution in [0.5, 0.6) is 0 Å². The Labute approximate surface area is 175 Å². The lowest BCUT2D eigenvalue weighted by atomic mass is 10.0. The van der Waals surface area contributed by atoms with Gasteiger partial charge in [-0.2, -0.15) is 0 Å². The van der Waals surface area contributed by atoms with Crippen molar-refractivity contribution in [2.75, 3.05) is 5.32 Å². The van der Waals surface area contributed by atoms with E-state index in [-0.39, 0.29) is 5.97 Å². The number of anilines is 1. The minimum Gasteiger partial charge on any atom is -0.447 e. The molecule has 1 atom stereocenters. The lowest BCUT2D eigenvalue weighted by Crippen LogP contribution is -2.26. The number of rotatable bonds is 7. The fourth-order valence-corrected chi connectivity index (χ4v) is 4.07. The van der Waals surface area contributed by atoms with E-state index in [1.54, 1.807) is 42.5 Å². The Kier molecular flexibility index (Phi) is 7.35. The molecule has 3 rings (SSSR count). The smallest absolute Gasteiger partial charge is 0.306 e. The molecule has 0 heterocycles. The van der Waals surface area contributed by atoms with Crippen molar-refractivity contribution in [1.29, 1.82) is 0 Å². The van der Waals surface area contributed by atoms with Crippen molar-refractivity contribution in [2.45, 2.75) is 44.6 Å². The second-order valence-electron chi connectivity index (χ2n) is 7.12. The zero-order chi connectivity index (χ0) is 19.9. The summed E-state index contributed by atoms with van der Waals surface area (Å²) >= 11 is 12.0. The first-order valence-corrected chi connectivity index (χ1v) is 10.3. The molecule has 4 nitrogen and oxygen atoms in total. The van der Waals surface area contributed by atoms with Gasteiger partial charge in [-0.25, -0.2) is 0 Å². The van der Waals surface area contributed by atoms with Gasteiger partial charge in [-0.3, -0.25) is 9.59 Å². The van der Waals surface area contributed by atoms with Gasteiger partial charge in [0.25, 0.3) is 5.91 Å². The van der Waals surface area contributed by atoms with Gasteiger partial charge < -0.3 is 10.1 Å². The maximum atomic E-state index is 12.9. The number of ether oxygens (including phenoxy) is 1. The fraction of sp³-hybridized carbons (Fsp3) is 0.364. The number of benzene rings is 2.